The number of aryl methyl sites for hydroxylation is 1. The van der Waals surface area contributed by atoms with Crippen LogP contribution in [-0.4, -0.2) is 32.8 Å². The minimum absolute atomic E-state index is 0.0367. The van der Waals surface area contributed by atoms with Crippen LogP contribution in [0.5, 0.6) is 17.2 Å². The van der Waals surface area contributed by atoms with Gasteiger partial charge in [0.15, 0.2) is 30.5 Å². The van der Waals surface area contributed by atoms with Gasteiger partial charge in [0.05, 0.1) is 13.7 Å². The van der Waals surface area contributed by atoms with Crippen LogP contribution in [0.4, 0.5) is 0 Å². The average molecular weight is 542 g/mol. The van der Waals surface area contributed by atoms with Gasteiger partial charge in [-0.1, -0.05) is 90.4 Å². The number of unbranched alkanes of at least 4 members (excludes halogenated alkanes) is 13. The molecule has 1 aromatic carbocycles. The minimum Gasteiger partial charge on any atom is -0.493 e. The third kappa shape index (κ3) is 15.4. The van der Waals surface area contributed by atoms with Gasteiger partial charge in [0.1, 0.15) is 12.8 Å². The van der Waals surface area contributed by atoms with E-state index in [4.69, 9.17) is 14.2 Å². The molecule has 39 heavy (non-hydrogen) atoms. The fourth-order valence-corrected chi connectivity index (χ4v) is 4.68. The Morgan fingerprint density at radius 3 is 2.08 bits per heavy atom. The second-order valence-electron chi connectivity index (χ2n) is 10.5. The lowest BCUT2D eigenvalue weighted by atomic mass is 10.0. The standard InChI is InChI=1S/C33H52N2O4/c1-4-5-6-7-8-9-10-11-12-13-14-15-16-17-25-38-31-21-20-30(26-32(31)37-3)39-28-33(36)34-23-22-29-19-18-24-35(2)27-29/h18-21,24,26-27H,4-17,22-23,25,28H2,1-3H3/p+1. The lowest BCUT2D eigenvalue weighted by molar-refractivity contribution is -0.671. The van der Waals surface area contributed by atoms with Gasteiger partial charge in [-0.2, -0.15) is 0 Å². The van der Waals surface area contributed by atoms with Crippen molar-refractivity contribution in [1.82, 2.24) is 5.32 Å². The van der Waals surface area contributed by atoms with Crippen LogP contribution in [0.15, 0.2) is 42.7 Å². The molecule has 6 heteroatoms. The summed E-state index contributed by atoms with van der Waals surface area (Å²) >= 11 is 0. The van der Waals surface area contributed by atoms with Crippen molar-refractivity contribution >= 4 is 5.91 Å². The first kappa shape index (κ1) is 32.5. The zero-order valence-electron chi connectivity index (χ0n) is 24.8. The third-order valence-electron chi connectivity index (χ3n) is 7.00. The van der Waals surface area contributed by atoms with Crippen molar-refractivity contribution in [2.45, 2.75) is 103 Å². The summed E-state index contributed by atoms with van der Waals surface area (Å²) in [5.41, 5.74) is 1.18. The van der Waals surface area contributed by atoms with Crippen LogP contribution in [0.3, 0.4) is 0 Å². The number of benzene rings is 1. The molecule has 0 aliphatic heterocycles. The number of carbonyl (C=O) groups excluding carboxylic acids is 1. The van der Waals surface area contributed by atoms with Crippen LogP contribution < -0.4 is 24.1 Å². The van der Waals surface area contributed by atoms with E-state index in [1.165, 1.54) is 89.0 Å². The van der Waals surface area contributed by atoms with E-state index in [2.05, 4.69) is 24.5 Å². The summed E-state index contributed by atoms with van der Waals surface area (Å²) in [4.78, 5) is 12.2. The Balaban J connectivity index is 1.51. The van der Waals surface area contributed by atoms with Gasteiger partial charge in [-0.05, 0) is 31.0 Å². The Bertz CT molecular complexity index is 918. The molecule has 1 amide bonds. The van der Waals surface area contributed by atoms with Crippen LogP contribution in [-0.2, 0) is 18.3 Å². The molecule has 1 heterocycles. The number of methoxy groups -OCH3 is 1. The van der Waals surface area contributed by atoms with Crippen molar-refractivity contribution in [3.8, 4) is 17.2 Å². The highest BCUT2D eigenvalue weighted by Gasteiger charge is 2.09. The normalized spacial score (nSPS) is 10.8. The van der Waals surface area contributed by atoms with E-state index in [-0.39, 0.29) is 12.5 Å². The topological polar surface area (TPSA) is 60.7 Å². The number of pyridine rings is 1. The highest BCUT2D eigenvalue weighted by Crippen LogP contribution is 2.31. The predicted octanol–water partition coefficient (Wildman–Crippen LogP) is 7.12. The molecular weight excluding hydrogens is 488 g/mol. The molecule has 218 valence electrons. The number of rotatable bonds is 23. The molecule has 0 spiro atoms. The Morgan fingerprint density at radius 1 is 0.821 bits per heavy atom. The zero-order chi connectivity index (χ0) is 28.0. The molecule has 0 fully saturated rings. The summed E-state index contributed by atoms with van der Waals surface area (Å²) in [6.45, 7) is 3.49. The lowest BCUT2D eigenvalue weighted by Gasteiger charge is -2.13. The van der Waals surface area contributed by atoms with Crippen LogP contribution in [0.25, 0.3) is 0 Å². The first-order chi connectivity index (χ1) is 19.1. The monoisotopic (exact) mass is 541 g/mol. The van der Waals surface area contributed by atoms with Crippen LogP contribution in [0.2, 0.25) is 0 Å². The lowest BCUT2D eigenvalue weighted by Crippen LogP contribution is -2.31. The zero-order valence-corrected chi connectivity index (χ0v) is 24.8. The Hall–Kier alpha value is -2.76. The Labute approximate surface area is 237 Å². The van der Waals surface area contributed by atoms with Crippen molar-refractivity contribution in [3.05, 3.63) is 48.3 Å². The van der Waals surface area contributed by atoms with Gasteiger partial charge in [-0.15, -0.1) is 0 Å². The average Bonchev–Trinajstić information content (AvgIpc) is 2.94. The molecular formula is C33H53N2O4+. The highest BCUT2D eigenvalue weighted by atomic mass is 16.5. The number of hydrogen-bond donors (Lipinski definition) is 1. The van der Waals surface area contributed by atoms with E-state index in [0.717, 1.165) is 12.8 Å². The summed E-state index contributed by atoms with van der Waals surface area (Å²) < 4.78 is 19.1. The summed E-state index contributed by atoms with van der Waals surface area (Å²) in [6, 6.07) is 9.50. The number of nitrogens with one attached hydrogen (secondary N) is 1. The van der Waals surface area contributed by atoms with E-state index in [1.54, 1.807) is 13.2 Å². The number of ether oxygens (including phenoxy) is 3. The summed E-state index contributed by atoms with van der Waals surface area (Å²) in [5, 5.41) is 2.90. The third-order valence-corrected chi connectivity index (χ3v) is 7.00. The molecule has 2 aromatic rings. The molecule has 0 atom stereocenters. The largest absolute Gasteiger partial charge is 0.493 e. The Morgan fingerprint density at radius 2 is 1.46 bits per heavy atom. The fraction of sp³-hybridized carbons (Fsp3) is 0.636. The number of nitrogens with zero attached hydrogens (tertiary/aromatic N) is 1. The quantitative estimate of drug-likeness (QED) is 0.120. The van der Waals surface area contributed by atoms with Gasteiger partial charge in [0, 0.05) is 24.2 Å². The van der Waals surface area contributed by atoms with Gasteiger partial charge in [-0.3, -0.25) is 4.79 Å². The molecule has 0 saturated heterocycles. The molecule has 0 radical (unpaired) electrons. The van der Waals surface area contributed by atoms with Gasteiger partial charge < -0.3 is 19.5 Å². The maximum atomic E-state index is 12.2. The second-order valence-corrected chi connectivity index (χ2v) is 10.5. The van der Waals surface area contributed by atoms with Crippen LogP contribution in [0, 0.1) is 0 Å². The van der Waals surface area contributed by atoms with Crippen molar-refractivity contribution in [3.63, 3.8) is 0 Å². The molecule has 0 saturated carbocycles. The van der Waals surface area contributed by atoms with E-state index in [1.807, 2.05) is 36.0 Å². The number of carbonyl (C=O) groups is 1. The number of amides is 1. The summed E-state index contributed by atoms with van der Waals surface area (Å²) in [7, 11) is 3.61. The minimum atomic E-state index is -0.146. The van der Waals surface area contributed by atoms with E-state index in [0.29, 0.717) is 30.4 Å². The van der Waals surface area contributed by atoms with Crippen LogP contribution in [0.1, 0.15) is 102 Å². The first-order valence-electron chi connectivity index (χ1n) is 15.3. The van der Waals surface area contributed by atoms with Crippen molar-refractivity contribution in [1.29, 1.82) is 0 Å². The van der Waals surface area contributed by atoms with Gasteiger partial charge in [0.2, 0.25) is 0 Å². The molecule has 1 N–H and O–H groups in total. The molecule has 0 unspecified atom stereocenters. The van der Waals surface area contributed by atoms with Gasteiger partial charge >= 0.3 is 0 Å². The van der Waals surface area contributed by atoms with Crippen LogP contribution >= 0.6 is 0 Å². The maximum absolute atomic E-state index is 12.2. The van der Waals surface area contributed by atoms with Gasteiger partial charge in [0.25, 0.3) is 5.91 Å². The maximum Gasteiger partial charge on any atom is 0.257 e. The molecule has 0 aliphatic rings. The molecule has 0 aliphatic carbocycles. The van der Waals surface area contributed by atoms with Gasteiger partial charge in [-0.25, -0.2) is 4.57 Å². The molecule has 2 rings (SSSR count). The van der Waals surface area contributed by atoms with Crippen molar-refractivity contribution in [2.75, 3.05) is 26.9 Å². The molecule has 0 bridgehead atoms. The molecule has 6 nitrogen and oxygen atoms in total. The fourth-order valence-electron chi connectivity index (χ4n) is 4.68. The summed E-state index contributed by atoms with van der Waals surface area (Å²) in [5.74, 6) is 1.77. The smallest absolute Gasteiger partial charge is 0.257 e. The first-order valence-corrected chi connectivity index (χ1v) is 15.3. The summed E-state index contributed by atoms with van der Waals surface area (Å²) in [6.07, 6.45) is 23.6. The Kier molecular flexibility index (Phi) is 17.6. The van der Waals surface area contributed by atoms with Crippen molar-refractivity contribution < 1.29 is 23.6 Å². The SMILES string of the molecule is CCCCCCCCCCCCCCCCOc1ccc(OCC(=O)NCCc2ccc[n+](C)c2)cc1OC. The van der Waals surface area contributed by atoms with E-state index < -0.39 is 0 Å². The highest BCUT2D eigenvalue weighted by molar-refractivity contribution is 5.77. The molecule has 1 aromatic heterocycles. The van der Waals surface area contributed by atoms with E-state index in [9.17, 15) is 4.79 Å². The number of aromatic nitrogens is 1. The number of hydrogen-bond acceptors (Lipinski definition) is 4. The predicted molar refractivity (Wildman–Crippen MR) is 159 cm³/mol. The second kappa shape index (κ2) is 21.1. The van der Waals surface area contributed by atoms with Crippen molar-refractivity contribution in [2.24, 2.45) is 7.05 Å². The van der Waals surface area contributed by atoms with E-state index >= 15 is 0 Å².